The number of guanidine groups is 1. The van der Waals surface area contributed by atoms with Gasteiger partial charge in [0.15, 0.2) is 5.96 Å². The molecule has 12 amide bonds. The molecule has 3 fully saturated rings. The summed E-state index contributed by atoms with van der Waals surface area (Å²) in [7, 11) is 0. The van der Waals surface area contributed by atoms with E-state index >= 15 is 0 Å². The van der Waals surface area contributed by atoms with Crippen LogP contribution in [0.4, 0.5) is 0 Å². The third-order valence-corrected chi connectivity index (χ3v) is 20.4. The molecular weight excluding hydrogens is 1470 g/mol. The van der Waals surface area contributed by atoms with Crippen LogP contribution in [0.15, 0.2) is 102 Å². The third-order valence-electron chi connectivity index (χ3n) is 18.4. The Bertz CT molecular complexity index is 3850. The van der Waals surface area contributed by atoms with Crippen molar-refractivity contribution in [3.8, 4) is 5.75 Å². The normalized spacial score (nSPS) is 18.9. The zero-order chi connectivity index (χ0) is 79.8. The van der Waals surface area contributed by atoms with Crippen molar-refractivity contribution >= 4 is 120 Å². The van der Waals surface area contributed by atoms with Crippen LogP contribution >= 0.6 is 37.0 Å². The molecular formula is C72H100N18O16S3. The van der Waals surface area contributed by atoms with Gasteiger partial charge in [-0.1, -0.05) is 86.6 Å². The van der Waals surface area contributed by atoms with E-state index in [1.807, 2.05) is 13.8 Å². The average Bonchev–Trinajstić information content (AvgIpc) is 1.68. The van der Waals surface area contributed by atoms with Crippen molar-refractivity contribution in [1.29, 1.82) is 0 Å². The molecule has 0 radical (unpaired) electrons. The van der Waals surface area contributed by atoms with Crippen molar-refractivity contribution in [3.05, 3.63) is 120 Å². The van der Waals surface area contributed by atoms with Gasteiger partial charge in [0.05, 0.1) is 30.4 Å². The lowest BCUT2D eigenvalue weighted by atomic mass is 9.99. The molecule has 0 aliphatic carbocycles. The number of aliphatic hydroxyl groups is 1. The van der Waals surface area contributed by atoms with Gasteiger partial charge < -0.3 is 100 Å². The van der Waals surface area contributed by atoms with Crippen molar-refractivity contribution in [1.82, 2.24) is 72.9 Å². The summed E-state index contributed by atoms with van der Waals surface area (Å²) in [5.74, 6) is -11.5. The van der Waals surface area contributed by atoms with E-state index in [0.717, 1.165) is 0 Å². The van der Waals surface area contributed by atoms with Crippen LogP contribution in [0.2, 0.25) is 0 Å². The van der Waals surface area contributed by atoms with Gasteiger partial charge in [0.2, 0.25) is 70.9 Å². The maximum atomic E-state index is 14.8. The molecule has 14 atom stereocenters. The van der Waals surface area contributed by atoms with E-state index in [4.69, 9.17) is 17.2 Å². The molecule has 1 aromatic heterocycles. The van der Waals surface area contributed by atoms with E-state index in [0.29, 0.717) is 41.6 Å². The Morgan fingerprint density at radius 2 is 1.25 bits per heavy atom. The molecule has 20 N–H and O–H groups in total. The summed E-state index contributed by atoms with van der Waals surface area (Å²) in [6.07, 6.45) is 2.20. The second-order valence-electron chi connectivity index (χ2n) is 28.1. The number of nitrogens with one attached hydrogen (secondary N) is 11. The summed E-state index contributed by atoms with van der Waals surface area (Å²) in [4.78, 5) is 196. The molecule has 0 spiro atoms. The molecule has 592 valence electrons. The van der Waals surface area contributed by atoms with Gasteiger partial charge in [0.25, 0.3) is 0 Å². The van der Waals surface area contributed by atoms with Crippen LogP contribution in [-0.4, -0.2) is 238 Å². The van der Waals surface area contributed by atoms with Gasteiger partial charge in [-0.15, -0.1) is 11.8 Å². The number of benzene rings is 3. The number of piperidine rings is 1. The third kappa shape index (κ3) is 25.8. The number of thiol groups is 2. The number of aliphatic hydroxyl groups excluding tert-OH is 1. The number of phenols is 1. The lowest BCUT2D eigenvalue weighted by Crippen LogP contribution is -2.64. The minimum Gasteiger partial charge on any atom is -0.508 e. The number of nitrogens with two attached hydrogens (primary N) is 3. The summed E-state index contributed by atoms with van der Waals surface area (Å²) >= 11 is 9.96. The predicted molar refractivity (Wildman–Crippen MR) is 409 cm³/mol. The number of carboxylic acid groups (broad SMARTS) is 1. The molecule has 0 unspecified atom stereocenters. The first kappa shape index (κ1) is 86.3. The molecule has 4 aromatic rings. The lowest BCUT2D eigenvalue weighted by molar-refractivity contribution is -0.146. The second kappa shape index (κ2) is 41.0. The zero-order valence-corrected chi connectivity index (χ0v) is 63.8. The van der Waals surface area contributed by atoms with Crippen LogP contribution in [0.25, 0.3) is 0 Å². The molecule has 3 aliphatic heterocycles. The van der Waals surface area contributed by atoms with Crippen LogP contribution in [0.5, 0.6) is 5.75 Å². The molecule has 34 nitrogen and oxygen atoms in total. The topological polar surface area (TPSA) is 528 Å². The quantitative estimate of drug-likeness (QED) is 0.00946. The van der Waals surface area contributed by atoms with Crippen molar-refractivity contribution in [2.45, 2.75) is 194 Å². The number of imidazole rings is 1. The van der Waals surface area contributed by atoms with Crippen molar-refractivity contribution in [2.75, 3.05) is 31.1 Å². The standard InChI is InChI=1S/C72H100N18O16S3/c1-38(2)28-47(60(95)85-51(31-42-20-22-44(92)23-21-42)68(103)89-27-13-19-53(89)64(99)86-52(35-107)70(105)106)84-65(100)54-36-109-56-25-24-46(69(104)90(54)56)81-61(96)48(29-40-14-8-6-9-15-40)83-62(97)50(32-43-33-76-37-79-43)80-55(93)34-78-66(101)57(39(3)91)87-67(102)58(72(4,5)108)88-63(98)49(30-41-16-10-7-11-17-41)82-59(94)45(73)18-12-26-77-71(74)75/h6-11,14-17,20-23,33,37-39,45-54,56-58,91-92,107-108H,12-13,18-19,24-32,34-36,73H2,1-5H3,(H,76,79)(H,78,101)(H,80,93)(H,81,96)(H,82,94)(H,83,97)(H,84,100)(H,85,95)(H,86,99)(H,87,102)(H,88,98)(H,105,106)(H4,74,75,77)/t39-,45+,46-,47+,48+,49+,50+,51+,52+,53+,54-,56-,57+,58+/m1/s1. The predicted octanol–water partition coefficient (Wildman–Crippen LogP) is -2.55. The highest BCUT2D eigenvalue weighted by Gasteiger charge is 2.49. The number of carboxylic acids is 1. The number of fused-ring (bicyclic) bond motifs is 1. The van der Waals surface area contributed by atoms with Crippen LogP contribution in [0.3, 0.4) is 0 Å². The monoisotopic (exact) mass is 1570 g/mol. The number of carbonyl (C=O) groups is 13. The Morgan fingerprint density at radius 1 is 0.679 bits per heavy atom. The number of rotatable bonds is 39. The minimum absolute atomic E-state index is 0.0355. The van der Waals surface area contributed by atoms with Crippen molar-refractivity contribution in [3.63, 3.8) is 0 Å². The first-order valence-electron chi connectivity index (χ1n) is 35.8. The first-order valence-corrected chi connectivity index (χ1v) is 38.0. The average molecular weight is 1570 g/mol. The van der Waals surface area contributed by atoms with E-state index in [1.165, 1.54) is 67.0 Å². The highest BCUT2D eigenvalue weighted by Crippen LogP contribution is 2.37. The fourth-order valence-electron chi connectivity index (χ4n) is 12.7. The highest BCUT2D eigenvalue weighted by atomic mass is 32.2. The van der Waals surface area contributed by atoms with Gasteiger partial charge in [-0.05, 0) is 100 Å². The van der Waals surface area contributed by atoms with Crippen LogP contribution in [0.1, 0.15) is 102 Å². The number of aromatic nitrogens is 2. The molecule has 0 saturated carbocycles. The van der Waals surface area contributed by atoms with Crippen LogP contribution in [0, 0.1) is 5.92 Å². The maximum absolute atomic E-state index is 14.8. The van der Waals surface area contributed by atoms with Crippen LogP contribution < -0.4 is 70.4 Å². The number of aliphatic carboxylic acids is 1. The fourth-order valence-corrected chi connectivity index (χ4v) is 14.5. The number of thioether (sulfide) groups is 1. The van der Waals surface area contributed by atoms with Gasteiger partial charge in [0.1, 0.15) is 72.2 Å². The molecule has 3 saturated heterocycles. The number of aliphatic imine (C=N–C) groups is 1. The van der Waals surface area contributed by atoms with Gasteiger partial charge >= 0.3 is 5.97 Å². The first-order chi connectivity index (χ1) is 51.7. The number of likely N-dealkylation sites (tertiary alicyclic amines) is 1. The molecule has 109 heavy (non-hydrogen) atoms. The molecule has 7 rings (SSSR count). The van der Waals surface area contributed by atoms with Crippen LogP contribution in [-0.2, 0) is 88.0 Å². The zero-order valence-electron chi connectivity index (χ0n) is 61.2. The van der Waals surface area contributed by atoms with E-state index in [1.54, 1.807) is 72.8 Å². The Labute approximate surface area is 645 Å². The molecule has 3 aliphatic rings. The fraction of sp³-hybridized carbons (Fsp3) is 0.514. The van der Waals surface area contributed by atoms with Crippen molar-refractivity contribution in [2.24, 2.45) is 28.1 Å². The van der Waals surface area contributed by atoms with E-state index in [9.17, 15) is 77.6 Å². The molecule has 37 heteroatoms. The minimum atomic E-state index is -1.76. The van der Waals surface area contributed by atoms with E-state index in [2.05, 4.69) is 93.4 Å². The summed E-state index contributed by atoms with van der Waals surface area (Å²) in [5.41, 5.74) is 19.1. The Balaban J connectivity index is 1.01. The number of hydrogen-bond acceptors (Lipinski definition) is 21. The number of aromatic amines is 1. The number of phenolic OH excluding ortho intramolecular Hbond substituents is 1. The molecule has 4 heterocycles. The van der Waals surface area contributed by atoms with Gasteiger partial charge in [-0.25, -0.2) is 9.78 Å². The van der Waals surface area contributed by atoms with E-state index < -0.39 is 172 Å². The van der Waals surface area contributed by atoms with Gasteiger partial charge in [-0.3, -0.25) is 62.5 Å². The van der Waals surface area contributed by atoms with Gasteiger partial charge in [0, 0.05) is 66.9 Å². The summed E-state index contributed by atoms with van der Waals surface area (Å²) in [5, 5.41) is 56.4. The smallest absolute Gasteiger partial charge is 0.327 e. The maximum Gasteiger partial charge on any atom is 0.327 e. The number of H-pyrrole nitrogens is 1. The van der Waals surface area contributed by atoms with Crippen molar-refractivity contribution < 1.29 is 77.6 Å². The summed E-state index contributed by atoms with van der Waals surface area (Å²) in [6.45, 7) is 7.31. The number of amides is 12. The Kier molecular flexibility index (Phi) is 32.4. The SMILES string of the molecule is CC(C)C[C@H](NC(=O)[C@H]1CS[C@@H]2CC[C@@H](NC(=O)[C@H](Cc3ccccc3)NC(=O)[C@H](Cc3cnc[nH]3)NC(=O)CNC(=O)[C@@H](NC(=O)[C@H](NC(=O)[C@H](Cc3ccccc3)NC(=O)[C@@H](N)CCCN=C(N)N)C(C)(C)S)[C@@H](C)O)C(=O)N12)C(=O)N[C@@H](Cc1ccc(O)cc1)C(=O)N1CCC[C@H]1C(=O)N[C@@H](CS)C(=O)O. The number of aromatic hydroxyl groups is 1. The summed E-state index contributed by atoms with van der Waals surface area (Å²) < 4.78 is -1.36. The van der Waals surface area contributed by atoms with Gasteiger partial charge in [-0.2, -0.15) is 25.3 Å². The largest absolute Gasteiger partial charge is 0.508 e. The Hall–Kier alpha value is -9.98. The van der Waals surface area contributed by atoms with E-state index in [-0.39, 0.29) is 93.6 Å². The molecule has 3 aromatic carbocycles. The number of hydrogen-bond donors (Lipinski definition) is 19. The Morgan fingerprint density at radius 3 is 1.83 bits per heavy atom. The highest BCUT2D eigenvalue weighted by molar-refractivity contribution is 8.00. The second-order valence-corrected chi connectivity index (χ2v) is 30.8. The summed E-state index contributed by atoms with van der Waals surface area (Å²) in [6, 6.07) is 7.26. The number of nitrogens with zero attached hydrogens (tertiary/aromatic N) is 4. The number of carbonyl (C=O) groups excluding carboxylic acids is 12. The lowest BCUT2D eigenvalue weighted by Gasteiger charge is -2.37. The molecule has 0 bridgehead atoms.